The normalized spacial score (nSPS) is 12.0. The molecule has 4 nitrogen and oxygen atoms in total. The van der Waals surface area contributed by atoms with Gasteiger partial charge >= 0.3 is 6.18 Å². The van der Waals surface area contributed by atoms with E-state index >= 15 is 0 Å². The summed E-state index contributed by atoms with van der Waals surface area (Å²) < 4.78 is 37.0. The second kappa shape index (κ2) is 5.71. The minimum atomic E-state index is -4.51. The number of alkyl halides is 3. The van der Waals surface area contributed by atoms with Gasteiger partial charge in [-0.1, -0.05) is 0 Å². The number of anilines is 1. The topological polar surface area (TPSA) is 54.9 Å². The van der Waals surface area contributed by atoms with Gasteiger partial charge in [-0.25, -0.2) is 9.97 Å². The molecule has 0 spiro atoms. The Labute approximate surface area is 120 Å². The summed E-state index contributed by atoms with van der Waals surface area (Å²) in [5.41, 5.74) is -0.394. The van der Waals surface area contributed by atoms with Crippen LogP contribution in [0.25, 0.3) is 6.08 Å². The maximum Gasteiger partial charge on any atom is 0.434 e. The lowest BCUT2D eigenvalue weighted by atomic mass is 10.4. The predicted molar refractivity (Wildman–Crippen MR) is 71.6 cm³/mol. The summed E-state index contributed by atoms with van der Waals surface area (Å²) in [6.07, 6.45) is -1.83. The van der Waals surface area contributed by atoms with E-state index in [-0.39, 0.29) is 5.13 Å². The van der Waals surface area contributed by atoms with Crippen LogP contribution in [-0.4, -0.2) is 15.9 Å². The number of halogens is 3. The van der Waals surface area contributed by atoms with Gasteiger partial charge in [0.25, 0.3) is 0 Å². The molecule has 1 amide bonds. The number of nitrogens with zero attached hydrogens (tertiary/aromatic N) is 2. The SMILES string of the molecule is Cc1nc(/C=C\C(=O)Nc2nc(C(F)(F)F)cs2)cs1. The lowest BCUT2D eigenvalue weighted by Gasteiger charge is -2.00. The number of rotatable bonds is 3. The molecule has 20 heavy (non-hydrogen) atoms. The summed E-state index contributed by atoms with van der Waals surface area (Å²) in [6.45, 7) is 1.83. The average molecular weight is 319 g/mol. The van der Waals surface area contributed by atoms with Crippen molar-refractivity contribution in [3.8, 4) is 0 Å². The Kier molecular flexibility index (Phi) is 4.19. The number of carbonyl (C=O) groups is 1. The fourth-order valence-electron chi connectivity index (χ4n) is 1.23. The van der Waals surface area contributed by atoms with Crippen molar-refractivity contribution in [2.24, 2.45) is 0 Å². The van der Waals surface area contributed by atoms with Crippen LogP contribution in [0, 0.1) is 6.92 Å². The molecule has 0 aliphatic heterocycles. The summed E-state index contributed by atoms with van der Waals surface area (Å²) in [5, 5.41) is 5.65. The van der Waals surface area contributed by atoms with Crippen LogP contribution < -0.4 is 5.32 Å². The first kappa shape index (κ1) is 14.7. The Balaban J connectivity index is 1.98. The summed E-state index contributed by atoms with van der Waals surface area (Å²) in [7, 11) is 0. The van der Waals surface area contributed by atoms with Gasteiger partial charge in [-0.2, -0.15) is 13.2 Å². The van der Waals surface area contributed by atoms with E-state index in [1.807, 2.05) is 6.92 Å². The van der Waals surface area contributed by atoms with Crippen LogP contribution in [0.4, 0.5) is 18.3 Å². The van der Waals surface area contributed by atoms with Gasteiger partial charge in [0, 0.05) is 16.8 Å². The monoisotopic (exact) mass is 319 g/mol. The van der Waals surface area contributed by atoms with Crippen molar-refractivity contribution in [2.75, 3.05) is 5.32 Å². The van der Waals surface area contributed by atoms with Crippen LogP contribution in [-0.2, 0) is 11.0 Å². The second-order valence-corrected chi connectivity index (χ2v) is 5.57. The molecule has 0 aliphatic rings. The molecule has 0 radical (unpaired) electrons. The molecule has 106 valence electrons. The summed E-state index contributed by atoms with van der Waals surface area (Å²) >= 11 is 2.16. The smallest absolute Gasteiger partial charge is 0.298 e. The summed E-state index contributed by atoms with van der Waals surface area (Å²) in [6, 6.07) is 0. The second-order valence-electron chi connectivity index (χ2n) is 3.65. The molecule has 0 saturated carbocycles. The number of thiazole rings is 2. The largest absolute Gasteiger partial charge is 0.434 e. The molecule has 2 rings (SSSR count). The zero-order valence-corrected chi connectivity index (χ0v) is 11.7. The highest BCUT2D eigenvalue weighted by molar-refractivity contribution is 7.14. The van der Waals surface area contributed by atoms with Gasteiger partial charge in [0.2, 0.25) is 5.91 Å². The summed E-state index contributed by atoms with van der Waals surface area (Å²) in [5.74, 6) is -0.557. The fourth-order valence-corrected chi connectivity index (χ4v) is 2.53. The van der Waals surface area contributed by atoms with Gasteiger partial charge in [0.05, 0.1) is 10.7 Å². The predicted octanol–water partition coefficient (Wildman–Crippen LogP) is 3.58. The molecule has 2 aromatic rings. The Morgan fingerprint density at radius 3 is 2.60 bits per heavy atom. The lowest BCUT2D eigenvalue weighted by molar-refractivity contribution is -0.140. The minimum Gasteiger partial charge on any atom is -0.298 e. The first-order chi connectivity index (χ1) is 9.34. The van der Waals surface area contributed by atoms with E-state index in [1.165, 1.54) is 23.5 Å². The molecular formula is C11H8F3N3OS2. The van der Waals surface area contributed by atoms with Gasteiger partial charge in [-0.3, -0.25) is 10.1 Å². The van der Waals surface area contributed by atoms with Crippen LogP contribution in [0.2, 0.25) is 0 Å². The Hall–Kier alpha value is -1.74. The Morgan fingerprint density at radius 1 is 1.30 bits per heavy atom. The van der Waals surface area contributed by atoms with E-state index in [0.29, 0.717) is 5.69 Å². The highest BCUT2D eigenvalue weighted by Gasteiger charge is 2.33. The molecule has 2 heterocycles. The number of carbonyl (C=O) groups excluding carboxylic acids is 1. The van der Waals surface area contributed by atoms with E-state index < -0.39 is 17.8 Å². The first-order valence-corrected chi connectivity index (χ1v) is 7.04. The highest BCUT2D eigenvalue weighted by Crippen LogP contribution is 2.31. The van der Waals surface area contributed by atoms with Crippen molar-refractivity contribution in [3.63, 3.8) is 0 Å². The van der Waals surface area contributed by atoms with Crippen molar-refractivity contribution in [3.05, 3.63) is 33.2 Å². The molecule has 0 atom stereocenters. The van der Waals surface area contributed by atoms with Crippen molar-refractivity contribution < 1.29 is 18.0 Å². The number of hydrogen-bond acceptors (Lipinski definition) is 5. The Morgan fingerprint density at radius 2 is 2.05 bits per heavy atom. The third-order valence-electron chi connectivity index (χ3n) is 2.07. The van der Waals surface area contributed by atoms with Gasteiger partial charge < -0.3 is 0 Å². The minimum absolute atomic E-state index is 0.0959. The third-order valence-corrected chi connectivity index (χ3v) is 3.62. The highest BCUT2D eigenvalue weighted by atomic mass is 32.1. The first-order valence-electron chi connectivity index (χ1n) is 5.28. The van der Waals surface area contributed by atoms with Crippen LogP contribution in [0.3, 0.4) is 0 Å². The number of aromatic nitrogens is 2. The van der Waals surface area contributed by atoms with Gasteiger partial charge in [-0.15, -0.1) is 22.7 Å². The maximum absolute atomic E-state index is 12.3. The molecule has 2 aromatic heterocycles. The number of nitrogens with one attached hydrogen (secondary N) is 1. The lowest BCUT2D eigenvalue weighted by Crippen LogP contribution is -2.09. The molecule has 9 heteroatoms. The van der Waals surface area contributed by atoms with Gasteiger partial charge in [0.15, 0.2) is 10.8 Å². The molecular weight excluding hydrogens is 311 g/mol. The number of amides is 1. The van der Waals surface area contributed by atoms with Crippen molar-refractivity contribution in [1.29, 1.82) is 0 Å². The standard InChI is InChI=1S/C11H8F3N3OS2/c1-6-15-7(4-19-6)2-3-9(18)17-10-16-8(5-20-10)11(12,13)14/h2-5H,1H3,(H,16,17,18)/b3-2-. The Bertz CT molecular complexity index is 645. The molecule has 0 saturated heterocycles. The van der Waals surface area contributed by atoms with Crippen LogP contribution in [0.1, 0.15) is 16.4 Å². The van der Waals surface area contributed by atoms with E-state index in [4.69, 9.17) is 0 Å². The molecule has 0 fully saturated rings. The van der Waals surface area contributed by atoms with E-state index in [1.54, 1.807) is 5.38 Å². The van der Waals surface area contributed by atoms with E-state index in [0.717, 1.165) is 21.7 Å². The van der Waals surface area contributed by atoms with Gasteiger partial charge in [0.1, 0.15) is 0 Å². The fraction of sp³-hybridized carbons (Fsp3) is 0.182. The number of hydrogen-bond donors (Lipinski definition) is 1. The molecule has 0 aliphatic carbocycles. The summed E-state index contributed by atoms with van der Waals surface area (Å²) in [4.78, 5) is 18.9. The van der Waals surface area contributed by atoms with Crippen molar-refractivity contribution in [2.45, 2.75) is 13.1 Å². The van der Waals surface area contributed by atoms with Crippen LogP contribution >= 0.6 is 22.7 Å². The van der Waals surface area contributed by atoms with Crippen LogP contribution in [0.15, 0.2) is 16.8 Å². The molecule has 1 N–H and O–H groups in total. The van der Waals surface area contributed by atoms with Crippen molar-refractivity contribution >= 4 is 39.8 Å². The number of aryl methyl sites for hydroxylation is 1. The zero-order valence-electron chi connectivity index (χ0n) is 10.1. The quantitative estimate of drug-likeness (QED) is 0.880. The third kappa shape index (κ3) is 3.87. The van der Waals surface area contributed by atoms with E-state index in [9.17, 15) is 18.0 Å². The van der Waals surface area contributed by atoms with E-state index in [2.05, 4.69) is 15.3 Å². The van der Waals surface area contributed by atoms with Gasteiger partial charge in [-0.05, 0) is 13.0 Å². The zero-order chi connectivity index (χ0) is 14.8. The van der Waals surface area contributed by atoms with Crippen LogP contribution in [0.5, 0.6) is 0 Å². The maximum atomic E-state index is 12.3. The van der Waals surface area contributed by atoms with Crippen molar-refractivity contribution in [1.82, 2.24) is 9.97 Å². The molecule has 0 aromatic carbocycles. The molecule has 0 unspecified atom stereocenters. The average Bonchev–Trinajstić information content (AvgIpc) is 2.95. The molecule has 0 bridgehead atoms.